The summed E-state index contributed by atoms with van der Waals surface area (Å²) in [6.45, 7) is 4.22. The monoisotopic (exact) mass is 652 g/mol. The standard InChI is InChI=1S/C41H81NO4/c1-3-5-7-9-11-13-15-16-17-18-19-20-21-22-23-24-26-28-30-32-34-36-40(45)41(46)42-38(37-43)39(44)35-33-31-29-27-25-14-12-10-8-6-4-2/h21-22,38-40,43-45H,3-20,23-37H2,1-2H3,(H,42,46)/b22-21-. The van der Waals surface area contributed by atoms with E-state index in [0.717, 1.165) is 32.1 Å². The van der Waals surface area contributed by atoms with Gasteiger partial charge in [0.1, 0.15) is 6.10 Å². The van der Waals surface area contributed by atoms with Crippen molar-refractivity contribution in [3.63, 3.8) is 0 Å². The van der Waals surface area contributed by atoms with Crippen LogP contribution in [0.2, 0.25) is 0 Å². The number of rotatable bonds is 37. The van der Waals surface area contributed by atoms with E-state index in [2.05, 4.69) is 31.3 Å². The summed E-state index contributed by atoms with van der Waals surface area (Å²) in [5, 5.41) is 33.1. The summed E-state index contributed by atoms with van der Waals surface area (Å²) < 4.78 is 0. The molecule has 5 nitrogen and oxygen atoms in total. The maximum Gasteiger partial charge on any atom is 0.249 e. The molecule has 0 fully saturated rings. The van der Waals surface area contributed by atoms with Gasteiger partial charge in [-0.2, -0.15) is 0 Å². The quantitative estimate of drug-likeness (QED) is 0.0397. The maximum absolute atomic E-state index is 12.4. The molecule has 5 heteroatoms. The smallest absolute Gasteiger partial charge is 0.249 e. The predicted octanol–water partition coefficient (Wildman–Crippen LogP) is 11.3. The summed E-state index contributed by atoms with van der Waals surface area (Å²) in [7, 11) is 0. The van der Waals surface area contributed by atoms with E-state index in [1.807, 2.05) is 0 Å². The van der Waals surface area contributed by atoms with Crippen molar-refractivity contribution in [2.75, 3.05) is 6.61 Å². The fourth-order valence-corrected chi connectivity index (χ4v) is 6.36. The molecule has 46 heavy (non-hydrogen) atoms. The number of aliphatic hydroxyl groups excluding tert-OH is 3. The molecule has 0 radical (unpaired) electrons. The van der Waals surface area contributed by atoms with Crippen LogP contribution < -0.4 is 5.32 Å². The molecule has 0 saturated carbocycles. The Kier molecular flexibility index (Phi) is 36.2. The number of aliphatic hydroxyl groups is 3. The third-order valence-corrected chi connectivity index (χ3v) is 9.63. The van der Waals surface area contributed by atoms with E-state index in [-0.39, 0.29) is 6.61 Å². The molecule has 0 aliphatic carbocycles. The number of carbonyl (C=O) groups is 1. The highest BCUT2D eigenvalue weighted by molar-refractivity contribution is 5.80. The molecule has 3 atom stereocenters. The second-order valence-electron chi connectivity index (χ2n) is 14.2. The molecule has 0 spiro atoms. The van der Waals surface area contributed by atoms with Gasteiger partial charge in [0.2, 0.25) is 5.91 Å². The van der Waals surface area contributed by atoms with Gasteiger partial charge in [-0.05, 0) is 38.5 Å². The average Bonchev–Trinajstić information content (AvgIpc) is 3.06. The van der Waals surface area contributed by atoms with Crippen molar-refractivity contribution in [3.05, 3.63) is 12.2 Å². The Labute approximate surface area is 287 Å². The molecule has 4 N–H and O–H groups in total. The molecule has 0 bridgehead atoms. The van der Waals surface area contributed by atoms with Gasteiger partial charge in [-0.15, -0.1) is 0 Å². The number of amides is 1. The van der Waals surface area contributed by atoms with Crippen LogP contribution >= 0.6 is 0 Å². The van der Waals surface area contributed by atoms with Crippen LogP contribution in [-0.4, -0.2) is 46.1 Å². The fraction of sp³-hybridized carbons (Fsp3) is 0.927. The van der Waals surface area contributed by atoms with E-state index in [9.17, 15) is 20.1 Å². The van der Waals surface area contributed by atoms with Crippen molar-refractivity contribution in [1.82, 2.24) is 5.32 Å². The number of nitrogens with one attached hydrogen (secondary N) is 1. The average molecular weight is 652 g/mol. The highest BCUT2D eigenvalue weighted by Gasteiger charge is 2.23. The Morgan fingerprint density at radius 3 is 1.20 bits per heavy atom. The van der Waals surface area contributed by atoms with Gasteiger partial charge in [-0.25, -0.2) is 0 Å². The van der Waals surface area contributed by atoms with Crippen LogP contribution in [0, 0.1) is 0 Å². The third-order valence-electron chi connectivity index (χ3n) is 9.63. The molecular formula is C41H81NO4. The molecule has 0 aromatic heterocycles. The normalized spacial score (nSPS) is 13.8. The van der Waals surface area contributed by atoms with Crippen LogP contribution in [-0.2, 0) is 4.79 Å². The minimum atomic E-state index is -1.08. The van der Waals surface area contributed by atoms with Gasteiger partial charge in [-0.1, -0.05) is 193 Å². The van der Waals surface area contributed by atoms with Crippen molar-refractivity contribution in [1.29, 1.82) is 0 Å². The Bertz CT molecular complexity index is 640. The van der Waals surface area contributed by atoms with Crippen molar-refractivity contribution >= 4 is 5.91 Å². The van der Waals surface area contributed by atoms with Gasteiger partial charge in [0.25, 0.3) is 0 Å². The number of hydrogen-bond donors (Lipinski definition) is 4. The minimum Gasteiger partial charge on any atom is -0.394 e. The van der Waals surface area contributed by atoms with Crippen molar-refractivity contribution < 1.29 is 20.1 Å². The number of carbonyl (C=O) groups excluding carboxylic acids is 1. The highest BCUT2D eigenvalue weighted by atomic mass is 16.3. The fourth-order valence-electron chi connectivity index (χ4n) is 6.36. The van der Waals surface area contributed by atoms with Crippen molar-refractivity contribution in [2.24, 2.45) is 0 Å². The van der Waals surface area contributed by atoms with Crippen LogP contribution in [0.25, 0.3) is 0 Å². The molecule has 0 aromatic carbocycles. The van der Waals surface area contributed by atoms with E-state index in [1.54, 1.807) is 0 Å². The molecule has 0 aliphatic heterocycles. The zero-order valence-electron chi connectivity index (χ0n) is 31.0. The first kappa shape index (κ1) is 45.1. The molecule has 0 rings (SSSR count). The van der Waals surface area contributed by atoms with Crippen LogP contribution in [0.4, 0.5) is 0 Å². The number of allylic oxidation sites excluding steroid dienone is 2. The van der Waals surface area contributed by atoms with Crippen LogP contribution in [0.5, 0.6) is 0 Å². The van der Waals surface area contributed by atoms with Crippen molar-refractivity contribution in [3.8, 4) is 0 Å². The maximum atomic E-state index is 12.4. The molecule has 0 aromatic rings. The Balaban J connectivity index is 3.62. The van der Waals surface area contributed by atoms with Gasteiger partial charge < -0.3 is 20.6 Å². The molecule has 3 unspecified atom stereocenters. The Morgan fingerprint density at radius 2 is 0.826 bits per heavy atom. The SMILES string of the molecule is CCCCCCCCCCCCC/C=C\CCCCCCCCC(O)C(=O)NC(CO)C(O)CCCCCCCCCCCCC. The van der Waals surface area contributed by atoms with E-state index in [1.165, 1.54) is 161 Å². The summed E-state index contributed by atoms with van der Waals surface area (Å²) in [6, 6.07) is -0.709. The Hall–Kier alpha value is -0.910. The van der Waals surface area contributed by atoms with Gasteiger partial charge in [0.05, 0.1) is 18.8 Å². The van der Waals surface area contributed by atoms with Gasteiger partial charge in [-0.3, -0.25) is 4.79 Å². The molecule has 274 valence electrons. The first-order valence-corrected chi connectivity index (χ1v) is 20.5. The summed E-state index contributed by atoms with van der Waals surface area (Å²) >= 11 is 0. The third kappa shape index (κ3) is 31.7. The lowest BCUT2D eigenvalue weighted by Gasteiger charge is -2.23. The van der Waals surface area contributed by atoms with Crippen LogP contribution in [0.1, 0.15) is 219 Å². The molecule has 0 heterocycles. The number of hydrogen-bond acceptors (Lipinski definition) is 4. The lowest BCUT2D eigenvalue weighted by atomic mass is 10.0. The predicted molar refractivity (Wildman–Crippen MR) is 199 cm³/mol. The molecule has 0 aliphatic rings. The molecule has 0 saturated heterocycles. The van der Waals surface area contributed by atoms with Crippen LogP contribution in [0.3, 0.4) is 0 Å². The molecular weight excluding hydrogens is 570 g/mol. The van der Waals surface area contributed by atoms with Crippen molar-refractivity contribution in [2.45, 2.75) is 238 Å². The zero-order valence-corrected chi connectivity index (χ0v) is 31.0. The van der Waals surface area contributed by atoms with E-state index in [4.69, 9.17) is 0 Å². The number of unbranched alkanes of at least 4 members (excludes halogenated alkanes) is 27. The summed E-state index contributed by atoms with van der Waals surface area (Å²) in [5.74, 6) is -0.475. The second kappa shape index (κ2) is 36.9. The Morgan fingerprint density at radius 1 is 0.500 bits per heavy atom. The highest BCUT2D eigenvalue weighted by Crippen LogP contribution is 2.15. The zero-order chi connectivity index (χ0) is 33.8. The van der Waals surface area contributed by atoms with Gasteiger partial charge in [0, 0.05) is 0 Å². The summed E-state index contributed by atoms with van der Waals surface area (Å²) in [5.41, 5.74) is 0. The topological polar surface area (TPSA) is 89.8 Å². The first-order valence-electron chi connectivity index (χ1n) is 20.5. The minimum absolute atomic E-state index is 0.313. The van der Waals surface area contributed by atoms with E-state index >= 15 is 0 Å². The van der Waals surface area contributed by atoms with E-state index < -0.39 is 24.2 Å². The molecule has 1 amide bonds. The van der Waals surface area contributed by atoms with Gasteiger partial charge in [0.15, 0.2) is 0 Å². The second-order valence-corrected chi connectivity index (χ2v) is 14.2. The first-order chi connectivity index (χ1) is 22.6. The largest absolute Gasteiger partial charge is 0.394 e. The lowest BCUT2D eigenvalue weighted by molar-refractivity contribution is -0.131. The van der Waals surface area contributed by atoms with Crippen LogP contribution in [0.15, 0.2) is 12.2 Å². The van der Waals surface area contributed by atoms with E-state index in [0.29, 0.717) is 12.8 Å². The van der Waals surface area contributed by atoms with Gasteiger partial charge >= 0.3 is 0 Å². The summed E-state index contributed by atoms with van der Waals surface area (Å²) in [4.78, 5) is 12.4. The lowest BCUT2D eigenvalue weighted by Crippen LogP contribution is -2.49. The summed E-state index contributed by atoms with van der Waals surface area (Å²) in [6.07, 6.45) is 42.1.